The number of imidazole rings is 1. The van der Waals surface area contributed by atoms with E-state index in [0.717, 1.165) is 21.6 Å². The monoisotopic (exact) mass is 309 g/mol. The van der Waals surface area contributed by atoms with Gasteiger partial charge in [0.05, 0.1) is 7.11 Å². The van der Waals surface area contributed by atoms with E-state index in [4.69, 9.17) is 10.5 Å². The van der Waals surface area contributed by atoms with Gasteiger partial charge in [0, 0.05) is 41.9 Å². The summed E-state index contributed by atoms with van der Waals surface area (Å²) in [6, 6.07) is 5.74. The maximum absolute atomic E-state index is 6.23. The Bertz CT molecular complexity index is 539. The SMILES string of the molecule is COc1cc(Br)ccc1C(N)Cc1nccn1C. The summed E-state index contributed by atoms with van der Waals surface area (Å²) in [6.07, 6.45) is 4.38. The summed E-state index contributed by atoms with van der Waals surface area (Å²) in [4.78, 5) is 4.29. The largest absolute Gasteiger partial charge is 0.496 e. The fourth-order valence-corrected chi connectivity index (χ4v) is 2.23. The van der Waals surface area contributed by atoms with Crippen LogP contribution in [0.1, 0.15) is 17.4 Å². The van der Waals surface area contributed by atoms with Crippen molar-refractivity contribution in [2.75, 3.05) is 7.11 Å². The van der Waals surface area contributed by atoms with Crippen molar-refractivity contribution in [3.8, 4) is 5.75 Å². The molecular weight excluding hydrogens is 294 g/mol. The fraction of sp³-hybridized carbons (Fsp3) is 0.308. The Kier molecular flexibility index (Phi) is 4.04. The van der Waals surface area contributed by atoms with Crippen LogP contribution in [-0.2, 0) is 13.5 Å². The van der Waals surface area contributed by atoms with Gasteiger partial charge in [-0.3, -0.25) is 0 Å². The highest BCUT2D eigenvalue weighted by Gasteiger charge is 2.14. The lowest BCUT2D eigenvalue weighted by molar-refractivity contribution is 0.404. The van der Waals surface area contributed by atoms with Crippen molar-refractivity contribution in [3.63, 3.8) is 0 Å². The number of hydrogen-bond donors (Lipinski definition) is 1. The van der Waals surface area contributed by atoms with Crippen molar-refractivity contribution in [2.24, 2.45) is 12.8 Å². The van der Waals surface area contributed by atoms with E-state index in [1.807, 2.05) is 36.0 Å². The molecule has 0 fully saturated rings. The van der Waals surface area contributed by atoms with Gasteiger partial charge in [0.1, 0.15) is 11.6 Å². The summed E-state index contributed by atoms with van der Waals surface area (Å²) in [6.45, 7) is 0. The lowest BCUT2D eigenvalue weighted by Crippen LogP contribution is -2.16. The zero-order chi connectivity index (χ0) is 13.1. The molecule has 1 heterocycles. The molecule has 0 bridgehead atoms. The van der Waals surface area contributed by atoms with Gasteiger partial charge in [-0.15, -0.1) is 0 Å². The van der Waals surface area contributed by atoms with E-state index in [1.165, 1.54) is 0 Å². The number of methoxy groups -OCH3 is 1. The van der Waals surface area contributed by atoms with Crippen molar-refractivity contribution in [1.29, 1.82) is 0 Å². The molecule has 0 aliphatic carbocycles. The Labute approximate surface area is 115 Å². The van der Waals surface area contributed by atoms with Crippen LogP contribution in [0.3, 0.4) is 0 Å². The highest BCUT2D eigenvalue weighted by atomic mass is 79.9. The molecule has 2 aromatic rings. The van der Waals surface area contributed by atoms with Gasteiger partial charge in [-0.2, -0.15) is 0 Å². The van der Waals surface area contributed by atoms with E-state index in [9.17, 15) is 0 Å². The first-order chi connectivity index (χ1) is 8.61. The second-order valence-corrected chi connectivity index (χ2v) is 5.07. The highest BCUT2D eigenvalue weighted by Crippen LogP contribution is 2.28. The molecule has 0 radical (unpaired) electrons. The molecule has 5 heteroatoms. The smallest absolute Gasteiger partial charge is 0.124 e. The van der Waals surface area contributed by atoms with Gasteiger partial charge in [-0.1, -0.05) is 22.0 Å². The van der Waals surface area contributed by atoms with E-state index in [2.05, 4.69) is 20.9 Å². The van der Waals surface area contributed by atoms with Gasteiger partial charge >= 0.3 is 0 Å². The van der Waals surface area contributed by atoms with Crippen LogP contribution in [0.4, 0.5) is 0 Å². The van der Waals surface area contributed by atoms with Crippen molar-refractivity contribution >= 4 is 15.9 Å². The normalized spacial score (nSPS) is 12.4. The number of nitrogens with zero attached hydrogens (tertiary/aromatic N) is 2. The Hall–Kier alpha value is -1.33. The molecule has 0 spiro atoms. The van der Waals surface area contributed by atoms with Crippen LogP contribution in [0.2, 0.25) is 0 Å². The van der Waals surface area contributed by atoms with Crippen molar-refractivity contribution in [3.05, 3.63) is 46.5 Å². The third-order valence-corrected chi connectivity index (χ3v) is 3.41. The van der Waals surface area contributed by atoms with E-state index in [0.29, 0.717) is 6.42 Å². The molecule has 0 amide bonds. The average molecular weight is 310 g/mol. The third-order valence-electron chi connectivity index (χ3n) is 2.92. The Balaban J connectivity index is 2.23. The van der Waals surface area contributed by atoms with Crippen molar-refractivity contribution in [1.82, 2.24) is 9.55 Å². The standard InChI is InChI=1S/C13H16BrN3O/c1-17-6-5-16-13(17)8-11(15)10-4-3-9(14)7-12(10)18-2/h3-7,11H,8,15H2,1-2H3. The second kappa shape index (κ2) is 5.54. The molecule has 0 aliphatic heterocycles. The van der Waals surface area contributed by atoms with Crippen LogP contribution in [0.25, 0.3) is 0 Å². The first kappa shape index (κ1) is 13.1. The van der Waals surface area contributed by atoms with Crippen molar-refractivity contribution in [2.45, 2.75) is 12.5 Å². The minimum Gasteiger partial charge on any atom is -0.496 e. The summed E-state index contributed by atoms with van der Waals surface area (Å²) in [5.74, 6) is 1.76. The zero-order valence-electron chi connectivity index (χ0n) is 10.4. The summed E-state index contributed by atoms with van der Waals surface area (Å²) in [5.41, 5.74) is 7.22. The van der Waals surface area contributed by atoms with Crippen LogP contribution < -0.4 is 10.5 Å². The van der Waals surface area contributed by atoms with Gasteiger partial charge in [0.25, 0.3) is 0 Å². The molecule has 0 saturated carbocycles. The number of aromatic nitrogens is 2. The average Bonchev–Trinajstić information content (AvgIpc) is 2.74. The maximum atomic E-state index is 6.23. The van der Waals surface area contributed by atoms with Crippen molar-refractivity contribution < 1.29 is 4.74 Å². The van der Waals surface area contributed by atoms with E-state index < -0.39 is 0 Å². The molecular formula is C13H16BrN3O. The highest BCUT2D eigenvalue weighted by molar-refractivity contribution is 9.10. The summed E-state index contributed by atoms with van der Waals surface area (Å²) in [7, 11) is 3.62. The van der Waals surface area contributed by atoms with E-state index in [1.54, 1.807) is 13.3 Å². The number of aryl methyl sites for hydroxylation is 1. The van der Waals surface area contributed by atoms with Gasteiger partial charge in [0.2, 0.25) is 0 Å². The first-order valence-electron chi connectivity index (χ1n) is 5.67. The molecule has 96 valence electrons. The van der Waals surface area contributed by atoms with Crippen LogP contribution in [0.15, 0.2) is 35.1 Å². The fourth-order valence-electron chi connectivity index (χ4n) is 1.89. The van der Waals surface area contributed by atoms with Gasteiger partial charge < -0.3 is 15.0 Å². The lowest BCUT2D eigenvalue weighted by atomic mass is 10.0. The molecule has 2 N–H and O–H groups in total. The Morgan fingerprint density at radius 1 is 1.50 bits per heavy atom. The van der Waals surface area contributed by atoms with E-state index >= 15 is 0 Å². The number of nitrogens with two attached hydrogens (primary N) is 1. The summed E-state index contributed by atoms with van der Waals surface area (Å²) in [5, 5.41) is 0. The molecule has 1 atom stereocenters. The molecule has 0 aliphatic rings. The van der Waals surface area contributed by atoms with Gasteiger partial charge in [-0.05, 0) is 12.1 Å². The molecule has 18 heavy (non-hydrogen) atoms. The molecule has 1 aromatic carbocycles. The lowest BCUT2D eigenvalue weighted by Gasteiger charge is -2.15. The Morgan fingerprint density at radius 2 is 2.28 bits per heavy atom. The molecule has 2 rings (SSSR count). The number of benzene rings is 1. The zero-order valence-corrected chi connectivity index (χ0v) is 12.0. The number of halogens is 1. The maximum Gasteiger partial charge on any atom is 0.124 e. The predicted molar refractivity (Wildman–Crippen MR) is 74.5 cm³/mol. The van der Waals surface area contributed by atoms with Crippen LogP contribution in [0, 0.1) is 0 Å². The van der Waals surface area contributed by atoms with Gasteiger partial charge in [-0.25, -0.2) is 4.98 Å². The quantitative estimate of drug-likeness (QED) is 0.943. The molecule has 1 unspecified atom stereocenters. The van der Waals surface area contributed by atoms with Crippen LogP contribution in [0.5, 0.6) is 5.75 Å². The Morgan fingerprint density at radius 3 is 2.89 bits per heavy atom. The van der Waals surface area contributed by atoms with Crippen LogP contribution in [-0.4, -0.2) is 16.7 Å². The topological polar surface area (TPSA) is 53.1 Å². The molecule has 0 saturated heterocycles. The number of ether oxygens (including phenoxy) is 1. The van der Waals surface area contributed by atoms with Crippen LogP contribution >= 0.6 is 15.9 Å². The minimum absolute atomic E-state index is 0.130. The molecule has 1 aromatic heterocycles. The second-order valence-electron chi connectivity index (χ2n) is 4.15. The summed E-state index contributed by atoms with van der Waals surface area (Å²) >= 11 is 3.42. The minimum atomic E-state index is -0.130. The van der Waals surface area contributed by atoms with Gasteiger partial charge in [0.15, 0.2) is 0 Å². The summed E-state index contributed by atoms with van der Waals surface area (Å²) < 4.78 is 8.32. The number of rotatable bonds is 4. The first-order valence-corrected chi connectivity index (χ1v) is 6.46. The third kappa shape index (κ3) is 2.73. The van der Waals surface area contributed by atoms with E-state index in [-0.39, 0.29) is 6.04 Å². The number of hydrogen-bond acceptors (Lipinski definition) is 3. The molecule has 4 nitrogen and oxygen atoms in total. The predicted octanol–water partition coefficient (Wildman–Crippen LogP) is 2.43.